The van der Waals surface area contributed by atoms with Gasteiger partial charge in [0, 0.05) is 13.0 Å². The van der Waals surface area contributed by atoms with E-state index in [0.29, 0.717) is 12.8 Å². The number of amides is 3. The summed E-state index contributed by atoms with van der Waals surface area (Å²) in [6.45, 7) is 0.235. The quantitative estimate of drug-likeness (QED) is 0.335. The number of carboxylic acid groups (broad SMARTS) is 2. The highest BCUT2D eigenvalue weighted by molar-refractivity contribution is 5.86. The molecule has 0 fully saturated rings. The van der Waals surface area contributed by atoms with Crippen molar-refractivity contribution >= 4 is 23.9 Å². The van der Waals surface area contributed by atoms with Crippen molar-refractivity contribution in [2.45, 2.75) is 31.7 Å². The molecule has 6 N–H and O–H groups in total. The molecule has 9 heteroatoms. The molecule has 19 heavy (non-hydrogen) atoms. The fraction of sp³-hybridized carbons (Fsp3) is 0.600. The molecule has 3 amide bonds. The van der Waals surface area contributed by atoms with Crippen LogP contribution in [0.5, 0.6) is 0 Å². The predicted octanol–water partition coefficient (Wildman–Crippen LogP) is -1.13. The van der Waals surface area contributed by atoms with E-state index < -0.39 is 36.3 Å². The van der Waals surface area contributed by atoms with Crippen LogP contribution in [0.3, 0.4) is 0 Å². The number of hydrogen-bond donors (Lipinski definition) is 5. The Morgan fingerprint density at radius 3 is 2.21 bits per heavy atom. The molecule has 9 nitrogen and oxygen atoms in total. The number of aliphatic carboxylic acids is 2. The first-order valence-corrected chi connectivity index (χ1v) is 5.60. The summed E-state index contributed by atoms with van der Waals surface area (Å²) < 4.78 is 0. The van der Waals surface area contributed by atoms with Gasteiger partial charge < -0.3 is 26.6 Å². The zero-order valence-corrected chi connectivity index (χ0v) is 10.2. The van der Waals surface area contributed by atoms with Crippen LogP contribution in [0.1, 0.15) is 25.7 Å². The van der Waals surface area contributed by atoms with E-state index in [-0.39, 0.29) is 13.0 Å². The molecule has 0 radical (unpaired) electrons. The number of rotatable bonds is 9. The topological polar surface area (TPSA) is 159 Å². The summed E-state index contributed by atoms with van der Waals surface area (Å²) in [6, 6.07) is -2.25. The molecule has 0 saturated heterocycles. The lowest BCUT2D eigenvalue weighted by Gasteiger charge is -2.13. The van der Waals surface area contributed by atoms with Gasteiger partial charge in [0.25, 0.3) is 0 Å². The smallest absolute Gasteiger partial charge is 0.326 e. The fourth-order valence-electron chi connectivity index (χ4n) is 1.21. The van der Waals surface area contributed by atoms with Crippen molar-refractivity contribution in [1.29, 1.82) is 0 Å². The van der Waals surface area contributed by atoms with E-state index in [4.69, 9.17) is 15.9 Å². The Morgan fingerprint density at radius 2 is 1.74 bits per heavy atom. The van der Waals surface area contributed by atoms with Crippen molar-refractivity contribution in [3.8, 4) is 0 Å². The number of urea groups is 1. The van der Waals surface area contributed by atoms with Crippen molar-refractivity contribution in [2.75, 3.05) is 6.54 Å². The van der Waals surface area contributed by atoms with E-state index >= 15 is 0 Å². The average molecular weight is 275 g/mol. The summed E-state index contributed by atoms with van der Waals surface area (Å²) in [5.74, 6) is -3.18. The van der Waals surface area contributed by atoms with E-state index in [9.17, 15) is 19.2 Å². The van der Waals surface area contributed by atoms with E-state index in [1.54, 1.807) is 0 Å². The molecule has 0 bridgehead atoms. The zero-order chi connectivity index (χ0) is 14.8. The summed E-state index contributed by atoms with van der Waals surface area (Å²) in [5.41, 5.74) is 4.92. The van der Waals surface area contributed by atoms with Gasteiger partial charge in [-0.2, -0.15) is 0 Å². The molecule has 1 atom stereocenters. The van der Waals surface area contributed by atoms with Crippen molar-refractivity contribution < 1.29 is 29.4 Å². The number of nitrogens with two attached hydrogens (primary N) is 1. The number of unbranched alkanes of at least 4 members (excludes halogenated alkanes) is 1. The summed E-state index contributed by atoms with van der Waals surface area (Å²) in [6.07, 6.45) is 0.518. The molecule has 0 aliphatic rings. The maximum Gasteiger partial charge on any atom is 0.326 e. The maximum atomic E-state index is 11.3. The first kappa shape index (κ1) is 16.7. The normalized spacial score (nSPS) is 11.4. The number of carboxylic acids is 2. The van der Waals surface area contributed by atoms with E-state index in [2.05, 4.69) is 5.32 Å². The largest absolute Gasteiger partial charge is 0.481 e. The zero-order valence-electron chi connectivity index (χ0n) is 10.2. The SMILES string of the molecule is NC(=O)CCCCNC(=O)NC(CC(=O)O)C(=O)O. The van der Waals surface area contributed by atoms with Crippen LogP contribution in [0.15, 0.2) is 0 Å². The second kappa shape index (κ2) is 8.72. The minimum atomic E-state index is -1.48. The Hall–Kier alpha value is -2.32. The van der Waals surface area contributed by atoms with Crippen LogP contribution in [0, 0.1) is 0 Å². The second-order valence-electron chi connectivity index (χ2n) is 3.81. The van der Waals surface area contributed by atoms with Crippen molar-refractivity contribution in [3.05, 3.63) is 0 Å². The van der Waals surface area contributed by atoms with Crippen LogP contribution in [-0.4, -0.2) is 46.7 Å². The monoisotopic (exact) mass is 275 g/mol. The van der Waals surface area contributed by atoms with Gasteiger partial charge in [-0.15, -0.1) is 0 Å². The summed E-state index contributed by atoms with van der Waals surface area (Å²) in [7, 11) is 0. The lowest BCUT2D eigenvalue weighted by molar-refractivity contribution is -0.145. The first-order valence-electron chi connectivity index (χ1n) is 5.60. The highest BCUT2D eigenvalue weighted by Gasteiger charge is 2.22. The van der Waals surface area contributed by atoms with Gasteiger partial charge in [0.05, 0.1) is 6.42 Å². The minimum Gasteiger partial charge on any atom is -0.481 e. The third-order valence-corrected chi connectivity index (χ3v) is 2.12. The van der Waals surface area contributed by atoms with Crippen LogP contribution in [-0.2, 0) is 14.4 Å². The Morgan fingerprint density at radius 1 is 1.11 bits per heavy atom. The van der Waals surface area contributed by atoms with Crippen molar-refractivity contribution in [3.63, 3.8) is 0 Å². The second-order valence-corrected chi connectivity index (χ2v) is 3.81. The van der Waals surface area contributed by atoms with Gasteiger partial charge >= 0.3 is 18.0 Å². The molecular formula is C10H17N3O6. The molecule has 1 unspecified atom stereocenters. The van der Waals surface area contributed by atoms with E-state index in [1.165, 1.54) is 0 Å². The van der Waals surface area contributed by atoms with Gasteiger partial charge in [0.1, 0.15) is 6.04 Å². The Balaban J connectivity index is 3.90. The summed E-state index contributed by atoms with van der Waals surface area (Å²) in [4.78, 5) is 42.7. The number of hydrogen-bond acceptors (Lipinski definition) is 4. The third-order valence-electron chi connectivity index (χ3n) is 2.12. The van der Waals surface area contributed by atoms with Gasteiger partial charge in [0.2, 0.25) is 5.91 Å². The van der Waals surface area contributed by atoms with E-state index in [0.717, 1.165) is 0 Å². The molecule has 0 aromatic heterocycles. The van der Waals surface area contributed by atoms with E-state index in [1.807, 2.05) is 5.32 Å². The predicted molar refractivity (Wildman–Crippen MR) is 63.3 cm³/mol. The molecule has 0 spiro atoms. The minimum absolute atomic E-state index is 0.208. The van der Waals surface area contributed by atoms with Crippen molar-refractivity contribution in [1.82, 2.24) is 10.6 Å². The number of carbonyl (C=O) groups excluding carboxylic acids is 2. The van der Waals surface area contributed by atoms with Crippen LogP contribution in [0.4, 0.5) is 4.79 Å². The summed E-state index contributed by atoms with van der Waals surface area (Å²) in [5, 5.41) is 21.5. The molecule has 0 aliphatic carbocycles. The van der Waals surface area contributed by atoms with Crippen LogP contribution < -0.4 is 16.4 Å². The Kier molecular flexibility index (Phi) is 7.66. The molecular weight excluding hydrogens is 258 g/mol. The standard InChI is InChI=1S/C10H17N3O6/c11-7(14)3-1-2-4-12-10(19)13-6(9(17)18)5-8(15)16/h6H,1-5H2,(H2,11,14)(H,15,16)(H,17,18)(H2,12,13,19). The van der Waals surface area contributed by atoms with Crippen LogP contribution >= 0.6 is 0 Å². The fourth-order valence-corrected chi connectivity index (χ4v) is 1.21. The first-order chi connectivity index (χ1) is 8.82. The third kappa shape index (κ3) is 9.39. The molecule has 0 heterocycles. The van der Waals surface area contributed by atoms with Gasteiger partial charge in [-0.1, -0.05) is 0 Å². The van der Waals surface area contributed by atoms with Gasteiger partial charge in [-0.25, -0.2) is 9.59 Å². The lowest BCUT2D eigenvalue weighted by atomic mass is 10.2. The van der Waals surface area contributed by atoms with Gasteiger partial charge in [-0.3, -0.25) is 9.59 Å². The number of primary amides is 1. The molecule has 0 aromatic carbocycles. The highest BCUT2D eigenvalue weighted by atomic mass is 16.4. The van der Waals surface area contributed by atoms with Gasteiger partial charge in [-0.05, 0) is 12.8 Å². The lowest BCUT2D eigenvalue weighted by Crippen LogP contribution is -2.47. The Bertz CT molecular complexity index is 357. The molecule has 0 aliphatic heterocycles. The van der Waals surface area contributed by atoms with Crippen LogP contribution in [0.25, 0.3) is 0 Å². The summed E-state index contributed by atoms with van der Waals surface area (Å²) >= 11 is 0. The Labute approximate surface area is 109 Å². The molecule has 0 aromatic rings. The highest BCUT2D eigenvalue weighted by Crippen LogP contribution is 1.94. The molecule has 108 valence electrons. The maximum absolute atomic E-state index is 11.3. The van der Waals surface area contributed by atoms with Crippen LogP contribution in [0.2, 0.25) is 0 Å². The number of carbonyl (C=O) groups is 4. The molecule has 0 saturated carbocycles. The van der Waals surface area contributed by atoms with Gasteiger partial charge in [0.15, 0.2) is 0 Å². The average Bonchev–Trinajstić information content (AvgIpc) is 2.26. The molecule has 0 rings (SSSR count). The number of nitrogens with one attached hydrogen (secondary N) is 2. The van der Waals surface area contributed by atoms with Crippen molar-refractivity contribution in [2.24, 2.45) is 5.73 Å².